The number of imidazole rings is 1. The van der Waals surface area contributed by atoms with Crippen LogP contribution in [0.25, 0.3) is 11.2 Å². The fourth-order valence-electron chi connectivity index (χ4n) is 4.20. The van der Waals surface area contributed by atoms with Crippen LogP contribution in [-0.4, -0.2) is 80.1 Å². The summed E-state index contributed by atoms with van der Waals surface area (Å²) in [6, 6.07) is 9.45. The standard InChI is InChI=1S/C23H29N7O4/c1-3-27-16-25-21-20(27)22(33)30(23(34)29(21)13-17-7-5-4-6-8-17)15-19(32)28-11-9-26(10-12-28)14-18(31)24-2/h4-8,16H,3,9-15H2,1-2H3,(H,24,31). The van der Waals surface area contributed by atoms with Gasteiger partial charge in [0.25, 0.3) is 5.56 Å². The van der Waals surface area contributed by atoms with E-state index in [1.165, 1.54) is 4.57 Å². The zero-order chi connectivity index (χ0) is 24.2. The minimum absolute atomic E-state index is 0.0777. The number of hydrogen-bond donors (Lipinski definition) is 1. The summed E-state index contributed by atoms with van der Waals surface area (Å²) in [6.07, 6.45) is 1.55. The number of piperazine rings is 1. The molecule has 0 saturated carbocycles. The van der Waals surface area contributed by atoms with Gasteiger partial charge in [-0.2, -0.15) is 0 Å². The van der Waals surface area contributed by atoms with Crippen LogP contribution in [0, 0.1) is 0 Å². The van der Waals surface area contributed by atoms with Crippen molar-refractivity contribution in [3.8, 4) is 0 Å². The highest BCUT2D eigenvalue weighted by molar-refractivity contribution is 5.78. The Kier molecular flexibility index (Phi) is 6.92. The second-order valence-corrected chi connectivity index (χ2v) is 8.28. The first-order valence-corrected chi connectivity index (χ1v) is 11.4. The van der Waals surface area contributed by atoms with E-state index in [9.17, 15) is 19.2 Å². The number of benzene rings is 1. The first-order valence-electron chi connectivity index (χ1n) is 11.4. The van der Waals surface area contributed by atoms with Crippen molar-refractivity contribution in [2.75, 3.05) is 39.8 Å². The normalized spacial score (nSPS) is 14.5. The Morgan fingerprint density at radius 1 is 1.00 bits per heavy atom. The smallest absolute Gasteiger partial charge is 0.333 e. The average molecular weight is 468 g/mol. The first-order chi connectivity index (χ1) is 16.4. The van der Waals surface area contributed by atoms with Gasteiger partial charge in [-0.1, -0.05) is 30.3 Å². The largest absolute Gasteiger partial charge is 0.358 e. The molecule has 0 radical (unpaired) electrons. The maximum atomic E-state index is 13.4. The Labute approximate surface area is 196 Å². The molecule has 0 atom stereocenters. The molecule has 1 saturated heterocycles. The van der Waals surface area contributed by atoms with Crippen LogP contribution in [0.4, 0.5) is 0 Å². The van der Waals surface area contributed by atoms with Gasteiger partial charge in [-0.3, -0.25) is 23.9 Å². The summed E-state index contributed by atoms with van der Waals surface area (Å²) in [4.78, 5) is 59.3. The van der Waals surface area contributed by atoms with Crippen molar-refractivity contribution >= 4 is 23.0 Å². The van der Waals surface area contributed by atoms with Gasteiger partial charge in [0.1, 0.15) is 6.54 Å². The molecule has 3 heterocycles. The Hall–Kier alpha value is -3.73. The van der Waals surface area contributed by atoms with Crippen LogP contribution in [0.15, 0.2) is 46.2 Å². The quantitative estimate of drug-likeness (QED) is 0.492. The Balaban J connectivity index is 1.62. The number of aryl methyl sites for hydroxylation is 1. The van der Waals surface area contributed by atoms with Crippen LogP contribution in [0.5, 0.6) is 0 Å². The SMILES string of the molecule is CCn1cnc2c1c(=O)n(CC(=O)N1CCN(CC(=O)NC)CC1)c(=O)n2Cc1ccccc1. The maximum Gasteiger partial charge on any atom is 0.333 e. The molecule has 1 N–H and O–H groups in total. The van der Waals surface area contributed by atoms with Crippen molar-refractivity contribution in [1.29, 1.82) is 0 Å². The van der Waals surface area contributed by atoms with Crippen molar-refractivity contribution in [3.63, 3.8) is 0 Å². The summed E-state index contributed by atoms with van der Waals surface area (Å²) in [5.74, 6) is -0.377. The molecule has 34 heavy (non-hydrogen) atoms. The highest BCUT2D eigenvalue weighted by atomic mass is 16.2. The van der Waals surface area contributed by atoms with Crippen LogP contribution in [0.1, 0.15) is 12.5 Å². The summed E-state index contributed by atoms with van der Waals surface area (Å²) in [7, 11) is 1.59. The van der Waals surface area contributed by atoms with Crippen LogP contribution in [0.3, 0.4) is 0 Å². The lowest BCUT2D eigenvalue weighted by molar-refractivity contribution is -0.134. The molecule has 4 rings (SSSR count). The Bertz CT molecular complexity index is 1300. The molecule has 1 aromatic carbocycles. The molecule has 0 bridgehead atoms. The van der Waals surface area contributed by atoms with E-state index < -0.39 is 11.2 Å². The molecular formula is C23H29N7O4. The lowest BCUT2D eigenvalue weighted by Crippen LogP contribution is -2.53. The lowest BCUT2D eigenvalue weighted by Gasteiger charge is -2.34. The van der Waals surface area contributed by atoms with E-state index in [0.717, 1.165) is 10.1 Å². The minimum Gasteiger partial charge on any atom is -0.358 e. The minimum atomic E-state index is -0.561. The van der Waals surface area contributed by atoms with Gasteiger partial charge < -0.3 is 14.8 Å². The number of nitrogens with zero attached hydrogens (tertiary/aromatic N) is 6. The third-order valence-corrected chi connectivity index (χ3v) is 6.17. The molecule has 180 valence electrons. The molecule has 11 nitrogen and oxygen atoms in total. The number of carbonyl (C=O) groups excluding carboxylic acids is 2. The predicted octanol–water partition coefficient (Wildman–Crippen LogP) is -0.682. The average Bonchev–Trinajstić information content (AvgIpc) is 3.29. The van der Waals surface area contributed by atoms with Gasteiger partial charge in [-0.05, 0) is 12.5 Å². The molecule has 11 heteroatoms. The molecule has 1 fully saturated rings. The summed E-state index contributed by atoms with van der Waals surface area (Å²) in [5, 5.41) is 2.59. The predicted molar refractivity (Wildman–Crippen MR) is 127 cm³/mol. The number of aromatic nitrogens is 4. The molecule has 1 aliphatic heterocycles. The maximum absolute atomic E-state index is 13.4. The number of carbonyl (C=O) groups is 2. The van der Waals surface area contributed by atoms with Crippen LogP contribution in [-0.2, 0) is 29.2 Å². The molecule has 3 aromatic rings. The number of nitrogens with one attached hydrogen (secondary N) is 1. The van der Waals surface area contributed by atoms with Gasteiger partial charge in [0.2, 0.25) is 11.8 Å². The zero-order valence-electron chi connectivity index (χ0n) is 19.4. The summed E-state index contributed by atoms with van der Waals surface area (Å²) in [6.45, 7) is 4.53. The van der Waals surface area contributed by atoms with Gasteiger partial charge >= 0.3 is 5.69 Å². The van der Waals surface area contributed by atoms with Gasteiger partial charge in [0, 0.05) is 39.8 Å². The molecule has 0 unspecified atom stereocenters. The van der Waals surface area contributed by atoms with Gasteiger partial charge in [-0.15, -0.1) is 0 Å². The molecule has 2 amide bonds. The van der Waals surface area contributed by atoms with Crippen LogP contribution in [0.2, 0.25) is 0 Å². The fraction of sp³-hybridized carbons (Fsp3) is 0.435. The van der Waals surface area contributed by atoms with Crippen LogP contribution < -0.4 is 16.6 Å². The second-order valence-electron chi connectivity index (χ2n) is 8.28. The van der Waals surface area contributed by atoms with E-state index in [2.05, 4.69) is 10.3 Å². The highest BCUT2D eigenvalue weighted by Crippen LogP contribution is 2.10. The lowest BCUT2D eigenvalue weighted by atomic mass is 10.2. The topological polar surface area (TPSA) is 114 Å². The van der Waals surface area contributed by atoms with Gasteiger partial charge in [0.05, 0.1) is 19.4 Å². The van der Waals surface area contributed by atoms with Crippen molar-refractivity contribution in [1.82, 2.24) is 33.8 Å². The van der Waals surface area contributed by atoms with E-state index in [1.54, 1.807) is 22.8 Å². The molecule has 0 aliphatic carbocycles. The van der Waals surface area contributed by atoms with E-state index in [0.29, 0.717) is 43.9 Å². The van der Waals surface area contributed by atoms with E-state index >= 15 is 0 Å². The van der Waals surface area contributed by atoms with E-state index in [1.807, 2.05) is 42.2 Å². The fourth-order valence-corrected chi connectivity index (χ4v) is 4.20. The Morgan fingerprint density at radius 2 is 1.71 bits per heavy atom. The van der Waals surface area contributed by atoms with Crippen molar-refractivity contribution in [2.45, 2.75) is 26.6 Å². The molecule has 1 aliphatic rings. The van der Waals surface area contributed by atoms with Crippen molar-refractivity contribution in [3.05, 3.63) is 63.1 Å². The van der Waals surface area contributed by atoms with Crippen LogP contribution >= 0.6 is 0 Å². The summed E-state index contributed by atoms with van der Waals surface area (Å²) in [5.41, 5.74) is 0.429. The molecule has 2 aromatic heterocycles. The highest BCUT2D eigenvalue weighted by Gasteiger charge is 2.25. The number of amides is 2. The first kappa shape index (κ1) is 23.4. The molecule has 0 spiro atoms. The van der Waals surface area contributed by atoms with E-state index in [4.69, 9.17) is 0 Å². The number of likely N-dealkylation sites (N-methyl/N-ethyl adjacent to an activating group) is 1. The third-order valence-electron chi connectivity index (χ3n) is 6.17. The number of fused-ring (bicyclic) bond motifs is 1. The third kappa shape index (κ3) is 4.65. The van der Waals surface area contributed by atoms with E-state index in [-0.39, 0.29) is 31.4 Å². The summed E-state index contributed by atoms with van der Waals surface area (Å²) >= 11 is 0. The number of hydrogen-bond acceptors (Lipinski definition) is 6. The van der Waals surface area contributed by atoms with Gasteiger partial charge in [0.15, 0.2) is 11.2 Å². The monoisotopic (exact) mass is 467 g/mol. The van der Waals surface area contributed by atoms with Crippen molar-refractivity contribution in [2.24, 2.45) is 0 Å². The summed E-state index contributed by atoms with van der Waals surface area (Å²) < 4.78 is 4.16. The zero-order valence-corrected chi connectivity index (χ0v) is 19.4. The molecular weight excluding hydrogens is 438 g/mol. The second kappa shape index (κ2) is 10.0. The van der Waals surface area contributed by atoms with Crippen molar-refractivity contribution < 1.29 is 9.59 Å². The number of rotatable bonds is 7. The Morgan fingerprint density at radius 3 is 2.35 bits per heavy atom. The van der Waals surface area contributed by atoms with Gasteiger partial charge in [-0.25, -0.2) is 14.3 Å².